The number of aliphatic hydroxyl groups is 1. The van der Waals surface area contributed by atoms with E-state index in [-0.39, 0.29) is 12.5 Å². The molecule has 0 saturated heterocycles. The fourth-order valence-electron chi connectivity index (χ4n) is 1.39. The predicted octanol–water partition coefficient (Wildman–Crippen LogP) is 2.83. The summed E-state index contributed by atoms with van der Waals surface area (Å²) in [7, 11) is 0. The molecule has 0 fully saturated rings. The highest BCUT2D eigenvalue weighted by Crippen LogP contribution is 2.22. The van der Waals surface area contributed by atoms with Crippen LogP contribution in [-0.2, 0) is 6.42 Å². The van der Waals surface area contributed by atoms with E-state index in [2.05, 4.69) is 31.1 Å². The van der Waals surface area contributed by atoms with Gasteiger partial charge in [0.15, 0.2) is 0 Å². The van der Waals surface area contributed by atoms with Gasteiger partial charge in [-0.25, -0.2) is 4.98 Å². The molecule has 14 heavy (non-hydrogen) atoms. The summed E-state index contributed by atoms with van der Waals surface area (Å²) in [6, 6.07) is 0. The lowest BCUT2D eigenvalue weighted by Crippen LogP contribution is -2.03. The van der Waals surface area contributed by atoms with Crippen LogP contribution >= 0.6 is 11.3 Å². The third-order valence-corrected chi connectivity index (χ3v) is 3.17. The first-order chi connectivity index (χ1) is 6.67. The normalized spacial score (nSPS) is 13.5. The Morgan fingerprint density at radius 2 is 2.21 bits per heavy atom. The van der Waals surface area contributed by atoms with E-state index in [1.165, 1.54) is 5.01 Å². The van der Waals surface area contributed by atoms with Crippen molar-refractivity contribution in [2.45, 2.75) is 39.5 Å². The molecule has 3 heteroatoms. The van der Waals surface area contributed by atoms with Crippen LogP contribution in [0.5, 0.6) is 0 Å². The molecule has 1 heterocycles. The molecule has 0 radical (unpaired) electrons. The molecule has 2 nitrogen and oxygen atoms in total. The Bertz CT molecular complexity index is 266. The lowest BCUT2D eigenvalue weighted by molar-refractivity contribution is 0.260. The fraction of sp³-hybridized carbons (Fsp3) is 0.727. The van der Waals surface area contributed by atoms with Crippen molar-refractivity contribution < 1.29 is 5.11 Å². The average molecular weight is 213 g/mol. The minimum atomic E-state index is 0.210. The summed E-state index contributed by atoms with van der Waals surface area (Å²) >= 11 is 1.71. The minimum Gasteiger partial charge on any atom is -0.396 e. The molecule has 0 bridgehead atoms. The second kappa shape index (κ2) is 5.47. The Kier molecular flexibility index (Phi) is 4.55. The first kappa shape index (κ1) is 11.7. The van der Waals surface area contributed by atoms with Crippen molar-refractivity contribution in [2.24, 2.45) is 5.92 Å². The van der Waals surface area contributed by atoms with Crippen LogP contribution in [0, 0.1) is 5.92 Å². The maximum atomic E-state index is 9.14. The summed E-state index contributed by atoms with van der Waals surface area (Å²) in [4.78, 5) is 4.55. The van der Waals surface area contributed by atoms with Gasteiger partial charge in [-0.1, -0.05) is 20.8 Å². The molecule has 0 spiro atoms. The van der Waals surface area contributed by atoms with Gasteiger partial charge in [-0.2, -0.15) is 0 Å². The first-order valence-corrected chi connectivity index (χ1v) is 6.10. The zero-order chi connectivity index (χ0) is 10.6. The quantitative estimate of drug-likeness (QED) is 0.816. The smallest absolute Gasteiger partial charge is 0.0930 e. The number of aromatic nitrogens is 1. The number of hydrogen-bond donors (Lipinski definition) is 1. The van der Waals surface area contributed by atoms with E-state index in [0.29, 0.717) is 5.92 Å². The summed E-state index contributed by atoms with van der Waals surface area (Å²) in [5.74, 6) is 0.885. The van der Waals surface area contributed by atoms with Gasteiger partial charge in [-0.3, -0.25) is 0 Å². The van der Waals surface area contributed by atoms with Crippen LogP contribution in [0.4, 0.5) is 0 Å². The highest BCUT2D eigenvalue weighted by molar-refractivity contribution is 7.09. The highest BCUT2D eigenvalue weighted by atomic mass is 32.1. The molecule has 0 aliphatic rings. The lowest BCUT2D eigenvalue weighted by Gasteiger charge is -2.07. The van der Waals surface area contributed by atoms with Crippen molar-refractivity contribution in [1.82, 2.24) is 4.98 Å². The molecule has 0 aliphatic heterocycles. The SMILES string of the molecule is CCC(CO)c1csc(CC(C)C)n1. The summed E-state index contributed by atoms with van der Waals surface area (Å²) in [5, 5.41) is 12.4. The van der Waals surface area contributed by atoms with Gasteiger partial charge in [0.25, 0.3) is 0 Å². The maximum Gasteiger partial charge on any atom is 0.0930 e. The van der Waals surface area contributed by atoms with E-state index in [0.717, 1.165) is 18.5 Å². The van der Waals surface area contributed by atoms with Crippen LogP contribution in [0.25, 0.3) is 0 Å². The van der Waals surface area contributed by atoms with Crippen LogP contribution in [0.2, 0.25) is 0 Å². The molecular weight excluding hydrogens is 194 g/mol. The van der Waals surface area contributed by atoms with Gasteiger partial charge < -0.3 is 5.11 Å². The summed E-state index contributed by atoms with van der Waals surface area (Å²) in [5.41, 5.74) is 1.07. The van der Waals surface area contributed by atoms with E-state index >= 15 is 0 Å². The second-order valence-corrected chi connectivity index (χ2v) is 4.99. The van der Waals surface area contributed by atoms with Crippen molar-refractivity contribution >= 4 is 11.3 Å². The molecule has 0 saturated carbocycles. The van der Waals surface area contributed by atoms with Crippen LogP contribution in [0.3, 0.4) is 0 Å². The Morgan fingerprint density at radius 1 is 1.50 bits per heavy atom. The van der Waals surface area contributed by atoms with Crippen LogP contribution in [0.15, 0.2) is 5.38 Å². The summed E-state index contributed by atoms with van der Waals surface area (Å²) in [6.45, 7) is 6.69. The van der Waals surface area contributed by atoms with Gasteiger partial charge >= 0.3 is 0 Å². The van der Waals surface area contributed by atoms with Crippen molar-refractivity contribution in [1.29, 1.82) is 0 Å². The van der Waals surface area contributed by atoms with E-state index in [9.17, 15) is 0 Å². The lowest BCUT2D eigenvalue weighted by atomic mass is 10.1. The first-order valence-electron chi connectivity index (χ1n) is 5.22. The molecule has 0 amide bonds. The topological polar surface area (TPSA) is 33.1 Å². The third-order valence-electron chi connectivity index (χ3n) is 2.28. The van der Waals surface area contributed by atoms with Gasteiger partial charge in [-0.05, 0) is 12.3 Å². The van der Waals surface area contributed by atoms with Crippen molar-refractivity contribution in [3.8, 4) is 0 Å². The zero-order valence-corrected chi connectivity index (χ0v) is 9.97. The van der Waals surface area contributed by atoms with Crippen LogP contribution < -0.4 is 0 Å². The van der Waals surface area contributed by atoms with Gasteiger partial charge in [0, 0.05) is 17.7 Å². The average Bonchev–Trinajstić information content (AvgIpc) is 2.54. The molecule has 1 atom stereocenters. The third kappa shape index (κ3) is 3.07. The zero-order valence-electron chi connectivity index (χ0n) is 9.16. The number of rotatable bonds is 5. The molecule has 80 valence electrons. The van der Waals surface area contributed by atoms with Gasteiger partial charge in [0.1, 0.15) is 0 Å². The second-order valence-electron chi connectivity index (χ2n) is 4.05. The van der Waals surface area contributed by atoms with Crippen LogP contribution in [-0.4, -0.2) is 16.7 Å². The molecule has 1 N–H and O–H groups in total. The standard InChI is InChI=1S/C11H19NOS/c1-4-9(6-13)10-7-14-11(12-10)5-8(2)3/h7-9,13H,4-6H2,1-3H3. The van der Waals surface area contributed by atoms with E-state index in [4.69, 9.17) is 5.11 Å². The minimum absolute atomic E-state index is 0.210. The predicted molar refractivity (Wildman–Crippen MR) is 60.8 cm³/mol. The Balaban J connectivity index is 2.66. The molecule has 1 aromatic heterocycles. The molecule has 0 aliphatic carbocycles. The highest BCUT2D eigenvalue weighted by Gasteiger charge is 2.12. The summed E-state index contributed by atoms with van der Waals surface area (Å²) < 4.78 is 0. The number of thiazole rings is 1. The maximum absolute atomic E-state index is 9.14. The fourth-order valence-corrected chi connectivity index (χ4v) is 2.48. The Morgan fingerprint density at radius 3 is 2.71 bits per heavy atom. The Hall–Kier alpha value is -0.410. The van der Waals surface area contributed by atoms with Crippen molar-refractivity contribution in [3.63, 3.8) is 0 Å². The van der Waals surface area contributed by atoms with Gasteiger partial charge in [0.05, 0.1) is 17.3 Å². The molecular formula is C11H19NOS. The molecule has 0 aromatic carbocycles. The number of aliphatic hydroxyl groups excluding tert-OH is 1. The number of hydrogen-bond acceptors (Lipinski definition) is 3. The van der Waals surface area contributed by atoms with Gasteiger partial charge in [0.2, 0.25) is 0 Å². The molecule has 1 unspecified atom stereocenters. The molecule has 1 rings (SSSR count). The van der Waals surface area contributed by atoms with Gasteiger partial charge in [-0.15, -0.1) is 11.3 Å². The summed E-state index contributed by atoms with van der Waals surface area (Å²) in [6.07, 6.45) is 2.01. The van der Waals surface area contributed by atoms with Crippen LogP contribution in [0.1, 0.15) is 43.8 Å². The number of nitrogens with zero attached hydrogens (tertiary/aromatic N) is 1. The molecule has 1 aromatic rings. The van der Waals surface area contributed by atoms with Crippen molar-refractivity contribution in [2.75, 3.05) is 6.61 Å². The largest absolute Gasteiger partial charge is 0.396 e. The monoisotopic (exact) mass is 213 g/mol. The van der Waals surface area contributed by atoms with E-state index in [1.807, 2.05) is 0 Å². The van der Waals surface area contributed by atoms with E-state index < -0.39 is 0 Å². The van der Waals surface area contributed by atoms with Crippen molar-refractivity contribution in [3.05, 3.63) is 16.1 Å². The Labute approximate surface area is 90.0 Å². The van der Waals surface area contributed by atoms with E-state index in [1.54, 1.807) is 11.3 Å².